The van der Waals surface area contributed by atoms with E-state index in [1.54, 1.807) is 19.1 Å². The molecule has 0 aliphatic rings. The van der Waals surface area contributed by atoms with Gasteiger partial charge < -0.3 is 15.2 Å². The summed E-state index contributed by atoms with van der Waals surface area (Å²) in [5.41, 5.74) is 0.915. The fourth-order valence-electron chi connectivity index (χ4n) is 1.34. The first kappa shape index (κ1) is 13.0. The molecule has 0 saturated carbocycles. The number of carbonyl (C=O) groups is 2. The van der Waals surface area contributed by atoms with Crippen LogP contribution < -0.4 is 5.32 Å². The largest absolute Gasteiger partial charge is 0.508 e. The van der Waals surface area contributed by atoms with Crippen LogP contribution in [0.1, 0.15) is 22.3 Å². The summed E-state index contributed by atoms with van der Waals surface area (Å²) in [5, 5.41) is 12.0. The molecule has 0 heterocycles. The predicted molar refractivity (Wildman–Crippen MR) is 61.8 cm³/mol. The van der Waals surface area contributed by atoms with Crippen LogP contribution in [0.2, 0.25) is 0 Å². The highest BCUT2D eigenvalue weighted by molar-refractivity contribution is 5.96. The Labute approximate surface area is 99.4 Å². The van der Waals surface area contributed by atoms with Crippen molar-refractivity contribution < 1.29 is 19.4 Å². The number of carbonyl (C=O) groups excluding carboxylic acids is 2. The first-order chi connectivity index (χ1) is 8.06. The van der Waals surface area contributed by atoms with Crippen LogP contribution in [0.3, 0.4) is 0 Å². The van der Waals surface area contributed by atoms with Gasteiger partial charge in [-0.25, -0.2) is 0 Å². The van der Waals surface area contributed by atoms with Gasteiger partial charge in [-0.05, 0) is 19.1 Å². The first-order valence-corrected chi connectivity index (χ1v) is 5.20. The van der Waals surface area contributed by atoms with Gasteiger partial charge in [0.05, 0.1) is 13.5 Å². The van der Waals surface area contributed by atoms with Gasteiger partial charge in [0.2, 0.25) is 0 Å². The minimum absolute atomic E-state index is 0.0746. The minimum Gasteiger partial charge on any atom is -0.508 e. The van der Waals surface area contributed by atoms with E-state index in [-0.39, 0.29) is 30.6 Å². The monoisotopic (exact) mass is 237 g/mol. The fourth-order valence-corrected chi connectivity index (χ4v) is 1.34. The molecule has 0 radical (unpaired) electrons. The van der Waals surface area contributed by atoms with Gasteiger partial charge in [-0.3, -0.25) is 9.59 Å². The number of ether oxygens (including phenoxy) is 1. The van der Waals surface area contributed by atoms with Crippen LogP contribution in [0.25, 0.3) is 0 Å². The van der Waals surface area contributed by atoms with Crippen molar-refractivity contribution in [3.8, 4) is 5.75 Å². The maximum absolute atomic E-state index is 11.7. The van der Waals surface area contributed by atoms with E-state index < -0.39 is 0 Å². The van der Waals surface area contributed by atoms with Gasteiger partial charge in [-0.2, -0.15) is 0 Å². The lowest BCUT2D eigenvalue weighted by Gasteiger charge is -2.08. The lowest BCUT2D eigenvalue weighted by Crippen LogP contribution is -2.26. The molecule has 2 N–H and O–H groups in total. The van der Waals surface area contributed by atoms with E-state index in [0.29, 0.717) is 11.1 Å². The van der Waals surface area contributed by atoms with E-state index in [2.05, 4.69) is 10.1 Å². The average Bonchev–Trinajstić information content (AvgIpc) is 2.32. The number of hydrogen-bond acceptors (Lipinski definition) is 4. The van der Waals surface area contributed by atoms with E-state index in [9.17, 15) is 14.7 Å². The lowest BCUT2D eigenvalue weighted by atomic mass is 10.1. The number of phenolic OH excluding ortho intramolecular Hbond substituents is 1. The Balaban J connectivity index is 2.59. The van der Waals surface area contributed by atoms with Crippen molar-refractivity contribution in [1.82, 2.24) is 5.32 Å². The molecule has 0 aromatic heterocycles. The molecule has 17 heavy (non-hydrogen) atoms. The highest BCUT2D eigenvalue weighted by Gasteiger charge is 2.11. The molecule has 1 rings (SSSR count). The third-order valence-electron chi connectivity index (χ3n) is 2.39. The van der Waals surface area contributed by atoms with Crippen LogP contribution in [-0.4, -0.2) is 30.6 Å². The lowest BCUT2D eigenvalue weighted by molar-refractivity contribution is -0.140. The molecule has 5 nitrogen and oxygen atoms in total. The topological polar surface area (TPSA) is 75.6 Å². The second kappa shape index (κ2) is 5.89. The van der Waals surface area contributed by atoms with Crippen molar-refractivity contribution in [2.24, 2.45) is 0 Å². The van der Waals surface area contributed by atoms with Crippen LogP contribution in [0.4, 0.5) is 0 Å². The molecule has 0 unspecified atom stereocenters. The molecule has 0 bridgehead atoms. The van der Waals surface area contributed by atoms with Crippen molar-refractivity contribution in [2.45, 2.75) is 13.3 Å². The molecule has 0 aliphatic heterocycles. The van der Waals surface area contributed by atoms with E-state index >= 15 is 0 Å². The Bertz CT molecular complexity index is 429. The van der Waals surface area contributed by atoms with Gasteiger partial charge >= 0.3 is 5.97 Å². The summed E-state index contributed by atoms with van der Waals surface area (Å²) >= 11 is 0. The molecule has 0 saturated heterocycles. The number of phenols is 1. The predicted octanol–water partition coefficient (Wildman–Crippen LogP) is 0.994. The van der Waals surface area contributed by atoms with Crippen molar-refractivity contribution in [3.63, 3.8) is 0 Å². The Morgan fingerprint density at radius 3 is 2.76 bits per heavy atom. The van der Waals surface area contributed by atoms with Crippen LogP contribution >= 0.6 is 0 Å². The molecule has 5 heteroatoms. The smallest absolute Gasteiger partial charge is 0.307 e. The second-order valence-corrected chi connectivity index (χ2v) is 3.53. The summed E-state index contributed by atoms with van der Waals surface area (Å²) in [7, 11) is 1.30. The Morgan fingerprint density at radius 1 is 1.41 bits per heavy atom. The van der Waals surface area contributed by atoms with Crippen LogP contribution in [0.15, 0.2) is 18.2 Å². The molecule has 92 valence electrons. The van der Waals surface area contributed by atoms with Crippen molar-refractivity contribution >= 4 is 11.9 Å². The first-order valence-electron chi connectivity index (χ1n) is 5.20. The number of benzene rings is 1. The third-order valence-corrected chi connectivity index (χ3v) is 2.39. The number of nitrogens with one attached hydrogen (secondary N) is 1. The molecule has 0 aliphatic carbocycles. The Kier molecular flexibility index (Phi) is 4.51. The molecule has 0 fully saturated rings. The fraction of sp³-hybridized carbons (Fsp3) is 0.333. The van der Waals surface area contributed by atoms with E-state index in [1.807, 2.05) is 0 Å². The van der Waals surface area contributed by atoms with Crippen LogP contribution in [0.5, 0.6) is 5.75 Å². The molecule has 1 amide bonds. The molecule has 1 aromatic carbocycles. The summed E-state index contributed by atoms with van der Waals surface area (Å²) in [4.78, 5) is 22.6. The molecule has 1 aromatic rings. The zero-order chi connectivity index (χ0) is 12.8. The average molecular weight is 237 g/mol. The normalized spacial score (nSPS) is 9.76. The Morgan fingerprint density at radius 2 is 2.12 bits per heavy atom. The molecular weight excluding hydrogens is 222 g/mol. The van der Waals surface area contributed by atoms with E-state index in [0.717, 1.165) is 0 Å². The standard InChI is InChI=1S/C12H15NO4/c1-8-9(4-3-5-10(8)14)12(16)13-7-6-11(15)17-2/h3-5,14H,6-7H2,1-2H3,(H,13,16). The summed E-state index contributed by atoms with van der Waals surface area (Å²) < 4.78 is 4.45. The molecule has 0 spiro atoms. The molecular formula is C12H15NO4. The maximum Gasteiger partial charge on any atom is 0.307 e. The number of rotatable bonds is 4. The highest BCUT2D eigenvalue weighted by Crippen LogP contribution is 2.19. The number of hydrogen-bond donors (Lipinski definition) is 2. The van der Waals surface area contributed by atoms with Gasteiger partial charge in [-0.1, -0.05) is 6.07 Å². The Hall–Kier alpha value is -2.04. The van der Waals surface area contributed by atoms with Crippen LogP contribution in [0, 0.1) is 6.92 Å². The summed E-state index contributed by atoms with van der Waals surface area (Å²) in [6.07, 6.45) is 0.125. The van der Waals surface area contributed by atoms with Gasteiger partial charge in [0, 0.05) is 17.7 Å². The number of amides is 1. The minimum atomic E-state index is -0.377. The highest BCUT2D eigenvalue weighted by atomic mass is 16.5. The van der Waals surface area contributed by atoms with Crippen molar-refractivity contribution in [2.75, 3.05) is 13.7 Å². The number of esters is 1. The van der Waals surface area contributed by atoms with E-state index in [4.69, 9.17) is 0 Å². The van der Waals surface area contributed by atoms with Crippen molar-refractivity contribution in [1.29, 1.82) is 0 Å². The zero-order valence-electron chi connectivity index (χ0n) is 9.82. The zero-order valence-corrected chi connectivity index (χ0v) is 9.82. The maximum atomic E-state index is 11.7. The van der Waals surface area contributed by atoms with Gasteiger partial charge in [-0.15, -0.1) is 0 Å². The van der Waals surface area contributed by atoms with Crippen molar-refractivity contribution in [3.05, 3.63) is 29.3 Å². The third kappa shape index (κ3) is 3.48. The van der Waals surface area contributed by atoms with Crippen LogP contribution in [-0.2, 0) is 9.53 Å². The quantitative estimate of drug-likeness (QED) is 0.766. The SMILES string of the molecule is COC(=O)CCNC(=O)c1cccc(O)c1C. The van der Waals surface area contributed by atoms with Gasteiger partial charge in [0.1, 0.15) is 5.75 Å². The van der Waals surface area contributed by atoms with Gasteiger partial charge in [0.25, 0.3) is 5.91 Å². The summed E-state index contributed by atoms with van der Waals surface area (Å²) in [6, 6.07) is 4.72. The number of aromatic hydroxyl groups is 1. The van der Waals surface area contributed by atoms with Gasteiger partial charge in [0.15, 0.2) is 0 Å². The number of methoxy groups -OCH3 is 1. The van der Waals surface area contributed by atoms with E-state index in [1.165, 1.54) is 13.2 Å². The second-order valence-electron chi connectivity index (χ2n) is 3.53. The summed E-state index contributed by atoms with van der Waals surface area (Å²) in [6.45, 7) is 1.87. The molecule has 0 atom stereocenters. The summed E-state index contributed by atoms with van der Waals surface area (Å²) in [5.74, 6) is -0.620.